The maximum absolute atomic E-state index is 12.3. The summed E-state index contributed by atoms with van der Waals surface area (Å²) in [7, 11) is 0. The molecule has 0 unspecified atom stereocenters. The summed E-state index contributed by atoms with van der Waals surface area (Å²) in [6.45, 7) is 3.00. The molecule has 0 saturated carbocycles. The number of amides is 1. The molecule has 1 amide bonds. The smallest absolute Gasteiger partial charge is 0.289 e. The molecule has 0 aliphatic carbocycles. The lowest BCUT2D eigenvalue weighted by molar-refractivity contribution is 0.0725. The summed E-state index contributed by atoms with van der Waals surface area (Å²) >= 11 is 11.9. The zero-order valence-electron chi connectivity index (χ0n) is 10.0. The number of carbonyl (C=O) groups is 1. The van der Waals surface area contributed by atoms with Gasteiger partial charge in [-0.05, 0) is 12.1 Å². The largest absolute Gasteiger partial charge is 0.334 e. The minimum Gasteiger partial charge on any atom is -0.334 e. The van der Waals surface area contributed by atoms with Gasteiger partial charge in [0, 0.05) is 26.2 Å². The van der Waals surface area contributed by atoms with E-state index < -0.39 is 0 Å². The van der Waals surface area contributed by atoms with E-state index in [1.54, 1.807) is 17.0 Å². The number of benzene rings is 1. The average Bonchev–Trinajstić information content (AvgIpc) is 2.82. The van der Waals surface area contributed by atoms with Gasteiger partial charge in [0.25, 0.3) is 5.91 Å². The third kappa shape index (κ3) is 2.41. The summed E-state index contributed by atoms with van der Waals surface area (Å²) in [6, 6.07) is 3.34. The number of nitrogens with zero attached hydrogens (tertiary/aromatic N) is 2. The molecule has 0 radical (unpaired) electrons. The van der Waals surface area contributed by atoms with E-state index >= 15 is 0 Å². The second-order valence-electron chi connectivity index (χ2n) is 4.41. The summed E-state index contributed by atoms with van der Waals surface area (Å²) in [4.78, 5) is 21.3. The maximum atomic E-state index is 12.3. The minimum absolute atomic E-state index is 0.0926. The fourth-order valence-corrected chi connectivity index (χ4v) is 2.45. The van der Waals surface area contributed by atoms with E-state index in [0.717, 1.165) is 13.1 Å². The normalized spacial score (nSPS) is 16.0. The van der Waals surface area contributed by atoms with Crippen molar-refractivity contribution in [2.45, 2.75) is 0 Å². The van der Waals surface area contributed by atoms with Crippen molar-refractivity contribution >= 4 is 40.1 Å². The lowest BCUT2D eigenvalue weighted by Crippen LogP contribution is -2.46. The van der Waals surface area contributed by atoms with Crippen LogP contribution in [-0.2, 0) is 0 Å². The van der Waals surface area contributed by atoms with E-state index in [4.69, 9.17) is 23.2 Å². The summed E-state index contributed by atoms with van der Waals surface area (Å²) in [5.74, 6) is 0.236. The number of hydrogen-bond acceptors (Lipinski definition) is 3. The quantitative estimate of drug-likeness (QED) is 0.845. The van der Waals surface area contributed by atoms with Gasteiger partial charge in [-0.15, -0.1) is 0 Å². The predicted octanol–water partition coefficient (Wildman–Crippen LogP) is 1.92. The fraction of sp³-hybridized carbons (Fsp3) is 0.333. The molecule has 1 aromatic carbocycles. The SMILES string of the molecule is O=C(c1nc2cc(Cl)c(Cl)cc2[nH]1)N1CCNCC1. The van der Waals surface area contributed by atoms with Gasteiger partial charge in [0.05, 0.1) is 21.1 Å². The van der Waals surface area contributed by atoms with Crippen molar-refractivity contribution in [1.82, 2.24) is 20.2 Å². The average molecular weight is 299 g/mol. The Balaban J connectivity index is 1.94. The second kappa shape index (κ2) is 5.00. The molecule has 5 nitrogen and oxygen atoms in total. The molecule has 1 fully saturated rings. The molecule has 100 valence electrons. The molecule has 2 heterocycles. The molecule has 1 saturated heterocycles. The van der Waals surface area contributed by atoms with E-state index in [2.05, 4.69) is 15.3 Å². The van der Waals surface area contributed by atoms with Crippen LogP contribution in [0.2, 0.25) is 10.0 Å². The monoisotopic (exact) mass is 298 g/mol. The van der Waals surface area contributed by atoms with Crippen molar-refractivity contribution < 1.29 is 4.79 Å². The first-order valence-electron chi connectivity index (χ1n) is 6.00. The highest BCUT2D eigenvalue weighted by atomic mass is 35.5. The lowest BCUT2D eigenvalue weighted by atomic mass is 10.3. The van der Waals surface area contributed by atoms with Crippen LogP contribution < -0.4 is 5.32 Å². The molecule has 0 bridgehead atoms. The van der Waals surface area contributed by atoms with Gasteiger partial charge >= 0.3 is 0 Å². The first-order valence-corrected chi connectivity index (χ1v) is 6.75. The van der Waals surface area contributed by atoms with Gasteiger partial charge in [-0.2, -0.15) is 0 Å². The molecule has 19 heavy (non-hydrogen) atoms. The van der Waals surface area contributed by atoms with Crippen molar-refractivity contribution in [3.8, 4) is 0 Å². The first kappa shape index (κ1) is 12.7. The Morgan fingerprint density at radius 3 is 2.63 bits per heavy atom. The number of piperazine rings is 1. The van der Waals surface area contributed by atoms with Gasteiger partial charge in [0.15, 0.2) is 5.82 Å². The zero-order valence-corrected chi connectivity index (χ0v) is 11.6. The summed E-state index contributed by atoms with van der Waals surface area (Å²) < 4.78 is 0. The van der Waals surface area contributed by atoms with E-state index in [-0.39, 0.29) is 5.91 Å². The molecule has 1 aliphatic heterocycles. The van der Waals surface area contributed by atoms with E-state index in [1.165, 1.54) is 0 Å². The van der Waals surface area contributed by atoms with Crippen LogP contribution in [0.1, 0.15) is 10.6 Å². The Hall–Kier alpha value is -1.30. The van der Waals surface area contributed by atoms with Gasteiger partial charge in [-0.3, -0.25) is 4.79 Å². The van der Waals surface area contributed by atoms with Crippen molar-refractivity contribution in [3.63, 3.8) is 0 Å². The van der Waals surface area contributed by atoms with Crippen LogP contribution in [0.15, 0.2) is 12.1 Å². The number of H-pyrrole nitrogens is 1. The molecular formula is C12H12Cl2N4O. The number of rotatable bonds is 1. The topological polar surface area (TPSA) is 61.0 Å². The lowest BCUT2D eigenvalue weighted by Gasteiger charge is -2.26. The molecule has 3 rings (SSSR count). The van der Waals surface area contributed by atoms with Crippen LogP contribution >= 0.6 is 23.2 Å². The first-order chi connectivity index (χ1) is 9.15. The highest BCUT2D eigenvalue weighted by Crippen LogP contribution is 2.26. The Labute approximate surface area is 119 Å². The molecule has 2 aromatic rings. The number of fused-ring (bicyclic) bond motifs is 1. The van der Waals surface area contributed by atoms with Crippen molar-refractivity contribution in [2.75, 3.05) is 26.2 Å². The van der Waals surface area contributed by atoms with Crippen molar-refractivity contribution in [3.05, 3.63) is 28.0 Å². The number of carbonyl (C=O) groups excluding carboxylic acids is 1. The minimum atomic E-state index is -0.0926. The molecule has 0 spiro atoms. The van der Waals surface area contributed by atoms with Gasteiger partial charge < -0.3 is 15.2 Å². The van der Waals surface area contributed by atoms with Crippen molar-refractivity contribution in [2.24, 2.45) is 0 Å². The number of hydrogen-bond donors (Lipinski definition) is 2. The third-order valence-corrected chi connectivity index (χ3v) is 3.85. The van der Waals surface area contributed by atoms with Gasteiger partial charge in [0.1, 0.15) is 0 Å². The van der Waals surface area contributed by atoms with Crippen LogP contribution in [0.4, 0.5) is 0 Å². The van der Waals surface area contributed by atoms with Gasteiger partial charge in [0.2, 0.25) is 0 Å². The second-order valence-corrected chi connectivity index (χ2v) is 5.23. The summed E-state index contributed by atoms with van der Waals surface area (Å²) in [5, 5.41) is 4.08. The van der Waals surface area contributed by atoms with Crippen LogP contribution in [0.5, 0.6) is 0 Å². The number of imidazole rings is 1. The van der Waals surface area contributed by atoms with Gasteiger partial charge in [-0.25, -0.2) is 4.98 Å². The highest BCUT2D eigenvalue weighted by Gasteiger charge is 2.21. The number of aromatic nitrogens is 2. The predicted molar refractivity (Wildman–Crippen MR) is 74.9 cm³/mol. The Morgan fingerprint density at radius 2 is 1.89 bits per heavy atom. The van der Waals surface area contributed by atoms with E-state index in [9.17, 15) is 4.79 Å². The van der Waals surface area contributed by atoms with Crippen LogP contribution in [-0.4, -0.2) is 47.0 Å². The van der Waals surface area contributed by atoms with Gasteiger partial charge in [-0.1, -0.05) is 23.2 Å². The molecule has 2 N–H and O–H groups in total. The molecule has 7 heteroatoms. The van der Waals surface area contributed by atoms with Crippen molar-refractivity contribution in [1.29, 1.82) is 0 Å². The van der Waals surface area contributed by atoms with Crippen LogP contribution in [0, 0.1) is 0 Å². The number of halogens is 2. The Kier molecular flexibility index (Phi) is 3.35. The van der Waals surface area contributed by atoms with E-state index in [1.807, 2.05) is 0 Å². The highest BCUT2D eigenvalue weighted by molar-refractivity contribution is 6.42. The molecule has 1 aliphatic rings. The Morgan fingerprint density at radius 1 is 1.21 bits per heavy atom. The Bertz CT molecular complexity index is 595. The molecule has 0 atom stereocenters. The number of nitrogens with one attached hydrogen (secondary N) is 2. The zero-order chi connectivity index (χ0) is 13.4. The summed E-state index contributed by atoms with van der Waals surface area (Å²) in [5.41, 5.74) is 1.36. The standard InChI is InChI=1S/C12H12Cl2N4O/c13-7-5-9-10(6-8(7)14)17-11(16-9)12(19)18-3-1-15-2-4-18/h5-6,15H,1-4H2,(H,16,17). The van der Waals surface area contributed by atoms with Crippen LogP contribution in [0.25, 0.3) is 11.0 Å². The summed E-state index contributed by atoms with van der Waals surface area (Å²) in [6.07, 6.45) is 0. The molecular weight excluding hydrogens is 287 g/mol. The maximum Gasteiger partial charge on any atom is 0.289 e. The fourth-order valence-electron chi connectivity index (χ4n) is 2.12. The number of aromatic amines is 1. The van der Waals surface area contributed by atoms with Crippen LogP contribution in [0.3, 0.4) is 0 Å². The molecule has 1 aromatic heterocycles. The van der Waals surface area contributed by atoms with E-state index in [0.29, 0.717) is 40.0 Å². The third-order valence-electron chi connectivity index (χ3n) is 3.13.